The number of carbonyl (C=O) groups excluding carboxylic acids is 1. The van der Waals surface area contributed by atoms with E-state index in [-0.39, 0.29) is 5.91 Å². The number of para-hydroxylation sites is 1. The lowest BCUT2D eigenvalue weighted by molar-refractivity contribution is 0.102. The second-order valence-corrected chi connectivity index (χ2v) is 5.06. The number of benzene rings is 2. The van der Waals surface area contributed by atoms with E-state index in [4.69, 9.17) is 4.74 Å². The lowest BCUT2D eigenvalue weighted by Crippen LogP contribution is -2.23. The predicted molar refractivity (Wildman–Crippen MR) is 82.8 cm³/mol. The first-order valence-corrected chi connectivity index (χ1v) is 7.05. The van der Waals surface area contributed by atoms with Gasteiger partial charge < -0.3 is 15.4 Å². The molecular formula is C17H18N2O2. The zero-order valence-corrected chi connectivity index (χ0v) is 12.0. The molecule has 1 amide bonds. The maximum absolute atomic E-state index is 12.4. The fourth-order valence-electron chi connectivity index (χ4n) is 2.59. The first-order valence-electron chi connectivity index (χ1n) is 7.05. The zero-order chi connectivity index (χ0) is 14.7. The quantitative estimate of drug-likeness (QED) is 0.909. The Morgan fingerprint density at radius 3 is 2.90 bits per heavy atom. The Kier molecular flexibility index (Phi) is 3.88. The minimum Gasteiger partial charge on any atom is -0.496 e. The smallest absolute Gasteiger partial charge is 0.259 e. The second kappa shape index (κ2) is 5.97. The molecular weight excluding hydrogens is 264 g/mol. The summed E-state index contributed by atoms with van der Waals surface area (Å²) < 4.78 is 5.22. The molecule has 2 aromatic carbocycles. The van der Waals surface area contributed by atoms with Crippen LogP contribution < -0.4 is 15.4 Å². The lowest BCUT2D eigenvalue weighted by Gasteiger charge is -2.18. The molecule has 0 spiro atoms. The van der Waals surface area contributed by atoms with E-state index in [1.54, 1.807) is 19.2 Å². The number of hydrogen-bond donors (Lipinski definition) is 2. The molecule has 1 aliphatic rings. The van der Waals surface area contributed by atoms with Gasteiger partial charge in [0, 0.05) is 12.2 Å². The van der Waals surface area contributed by atoms with Crippen LogP contribution in [-0.4, -0.2) is 19.6 Å². The lowest BCUT2D eigenvalue weighted by atomic mass is 10.0. The van der Waals surface area contributed by atoms with Gasteiger partial charge in [-0.05, 0) is 48.4 Å². The SMILES string of the molecule is COc1ccccc1C(=O)Nc1ccc2c(c1)CNCC2. The van der Waals surface area contributed by atoms with E-state index in [9.17, 15) is 4.79 Å². The third-order valence-corrected chi connectivity index (χ3v) is 3.70. The molecule has 0 atom stereocenters. The minimum absolute atomic E-state index is 0.156. The van der Waals surface area contributed by atoms with Crippen molar-refractivity contribution in [1.29, 1.82) is 0 Å². The van der Waals surface area contributed by atoms with Crippen molar-refractivity contribution in [2.45, 2.75) is 13.0 Å². The molecule has 0 saturated heterocycles. The Hall–Kier alpha value is -2.33. The standard InChI is InChI=1S/C17H18N2O2/c1-21-16-5-3-2-4-15(16)17(20)19-14-7-6-12-8-9-18-11-13(12)10-14/h2-7,10,18H,8-9,11H2,1H3,(H,19,20). The molecule has 4 heteroatoms. The third-order valence-electron chi connectivity index (χ3n) is 3.70. The van der Waals surface area contributed by atoms with Crippen molar-refractivity contribution in [3.05, 3.63) is 59.2 Å². The monoisotopic (exact) mass is 282 g/mol. The molecule has 2 N–H and O–H groups in total. The molecule has 1 heterocycles. The van der Waals surface area contributed by atoms with Crippen LogP contribution in [0.1, 0.15) is 21.5 Å². The van der Waals surface area contributed by atoms with Crippen LogP contribution in [-0.2, 0) is 13.0 Å². The van der Waals surface area contributed by atoms with Gasteiger partial charge >= 0.3 is 0 Å². The summed E-state index contributed by atoms with van der Waals surface area (Å²) in [5, 5.41) is 6.28. The van der Waals surface area contributed by atoms with Crippen molar-refractivity contribution in [1.82, 2.24) is 5.32 Å². The van der Waals surface area contributed by atoms with Crippen molar-refractivity contribution >= 4 is 11.6 Å². The van der Waals surface area contributed by atoms with Crippen molar-refractivity contribution in [2.24, 2.45) is 0 Å². The molecule has 0 aromatic heterocycles. The predicted octanol–water partition coefficient (Wildman–Crippen LogP) is 2.59. The summed E-state index contributed by atoms with van der Waals surface area (Å²) in [4.78, 5) is 12.4. The Balaban J connectivity index is 1.81. The molecule has 2 aromatic rings. The highest BCUT2D eigenvalue weighted by Gasteiger charge is 2.13. The van der Waals surface area contributed by atoms with E-state index in [1.165, 1.54) is 11.1 Å². The Morgan fingerprint density at radius 1 is 1.19 bits per heavy atom. The maximum atomic E-state index is 12.4. The minimum atomic E-state index is -0.156. The number of amides is 1. The highest BCUT2D eigenvalue weighted by Crippen LogP contribution is 2.22. The summed E-state index contributed by atoms with van der Waals surface area (Å²) >= 11 is 0. The topological polar surface area (TPSA) is 50.4 Å². The van der Waals surface area contributed by atoms with Gasteiger partial charge in [0.2, 0.25) is 0 Å². The van der Waals surface area contributed by atoms with Crippen molar-refractivity contribution in [3.63, 3.8) is 0 Å². The second-order valence-electron chi connectivity index (χ2n) is 5.06. The molecule has 0 radical (unpaired) electrons. The number of carbonyl (C=O) groups is 1. The molecule has 21 heavy (non-hydrogen) atoms. The Morgan fingerprint density at radius 2 is 2.05 bits per heavy atom. The highest BCUT2D eigenvalue weighted by atomic mass is 16.5. The van der Waals surface area contributed by atoms with Crippen molar-refractivity contribution in [2.75, 3.05) is 19.0 Å². The van der Waals surface area contributed by atoms with E-state index in [1.807, 2.05) is 24.3 Å². The number of ether oxygens (including phenoxy) is 1. The molecule has 0 unspecified atom stereocenters. The van der Waals surface area contributed by atoms with Crippen LogP contribution in [0.25, 0.3) is 0 Å². The van der Waals surface area contributed by atoms with E-state index >= 15 is 0 Å². The van der Waals surface area contributed by atoms with Crippen LogP contribution in [0, 0.1) is 0 Å². The van der Waals surface area contributed by atoms with Gasteiger partial charge in [-0.3, -0.25) is 4.79 Å². The average molecular weight is 282 g/mol. The molecule has 0 saturated carbocycles. The molecule has 0 aliphatic carbocycles. The number of nitrogens with one attached hydrogen (secondary N) is 2. The number of fused-ring (bicyclic) bond motifs is 1. The fourth-order valence-corrected chi connectivity index (χ4v) is 2.59. The van der Waals surface area contributed by atoms with Crippen LogP contribution in [0.5, 0.6) is 5.75 Å². The van der Waals surface area contributed by atoms with Gasteiger partial charge in [0.15, 0.2) is 0 Å². The van der Waals surface area contributed by atoms with Crippen molar-refractivity contribution < 1.29 is 9.53 Å². The Bertz CT molecular complexity index is 668. The fraction of sp³-hybridized carbons (Fsp3) is 0.235. The summed E-state index contributed by atoms with van der Waals surface area (Å²) in [5.41, 5.74) is 3.95. The van der Waals surface area contributed by atoms with Crippen LogP contribution in [0.4, 0.5) is 5.69 Å². The maximum Gasteiger partial charge on any atom is 0.259 e. The number of hydrogen-bond acceptors (Lipinski definition) is 3. The van der Waals surface area contributed by atoms with Gasteiger partial charge in [-0.2, -0.15) is 0 Å². The van der Waals surface area contributed by atoms with E-state index in [2.05, 4.69) is 16.7 Å². The summed E-state index contributed by atoms with van der Waals surface area (Å²) in [5.74, 6) is 0.422. The number of methoxy groups -OCH3 is 1. The summed E-state index contributed by atoms with van der Waals surface area (Å²) in [6.07, 6.45) is 1.04. The van der Waals surface area contributed by atoms with Gasteiger partial charge in [0.05, 0.1) is 12.7 Å². The van der Waals surface area contributed by atoms with Crippen LogP contribution >= 0.6 is 0 Å². The largest absolute Gasteiger partial charge is 0.496 e. The molecule has 108 valence electrons. The van der Waals surface area contributed by atoms with Gasteiger partial charge in [0.1, 0.15) is 5.75 Å². The summed E-state index contributed by atoms with van der Waals surface area (Å²) in [6, 6.07) is 13.3. The summed E-state index contributed by atoms with van der Waals surface area (Å²) in [7, 11) is 1.57. The summed E-state index contributed by atoms with van der Waals surface area (Å²) in [6.45, 7) is 1.87. The highest BCUT2D eigenvalue weighted by molar-refractivity contribution is 6.06. The van der Waals surface area contributed by atoms with Gasteiger partial charge in [0.25, 0.3) is 5.91 Å². The zero-order valence-electron chi connectivity index (χ0n) is 12.0. The van der Waals surface area contributed by atoms with E-state index < -0.39 is 0 Å². The number of rotatable bonds is 3. The average Bonchev–Trinajstić information content (AvgIpc) is 2.54. The Labute approximate surface area is 124 Å². The van der Waals surface area contributed by atoms with E-state index in [0.717, 1.165) is 25.2 Å². The third kappa shape index (κ3) is 2.90. The van der Waals surface area contributed by atoms with Crippen molar-refractivity contribution in [3.8, 4) is 5.75 Å². The molecule has 3 rings (SSSR count). The molecule has 0 fully saturated rings. The molecule has 1 aliphatic heterocycles. The van der Waals surface area contributed by atoms with Crippen LogP contribution in [0.2, 0.25) is 0 Å². The first kappa shape index (κ1) is 13.6. The van der Waals surface area contributed by atoms with Crippen LogP contribution in [0.15, 0.2) is 42.5 Å². The van der Waals surface area contributed by atoms with Gasteiger partial charge in [-0.15, -0.1) is 0 Å². The molecule has 4 nitrogen and oxygen atoms in total. The first-order chi connectivity index (χ1) is 10.3. The number of anilines is 1. The normalized spacial score (nSPS) is 13.4. The van der Waals surface area contributed by atoms with Gasteiger partial charge in [-0.25, -0.2) is 0 Å². The van der Waals surface area contributed by atoms with E-state index in [0.29, 0.717) is 11.3 Å². The molecule has 0 bridgehead atoms. The van der Waals surface area contributed by atoms with Crippen LogP contribution in [0.3, 0.4) is 0 Å². The van der Waals surface area contributed by atoms with Gasteiger partial charge in [-0.1, -0.05) is 18.2 Å².